The Morgan fingerprint density at radius 1 is 0.826 bits per heavy atom. The van der Waals surface area contributed by atoms with Gasteiger partial charge in [-0.15, -0.1) is 12.4 Å². The molecule has 0 aromatic heterocycles. The standard InChI is InChI=1S/C19H39NO2.ClH/c1-5-6-7-8-9-10-11-12-13-14-15-16-17-22-19(21)18(2)20(3)4;/h18H,5-17H2,1-4H3;1H. The number of esters is 1. The van der Waals surface area contributed by atoms with E-state index in [1.807, 2.05) is 25.9 Å². The zero-order chi connectivity index (χ0) is 16.6. The van der Waals surface area contributed by atoms with Crippen LogP contribution in [0.5, 0.6) is 0 Å². The summed E-state index contributed by atoms with van der Waals surface area (Å²) in [6.07, 6.45) is 15.9. The van der Waals surface area contributed by atoms with Crippen LogP contribution in [-0.2, 0) is 9.53 Å². The minimum atomic E-state index is -0.141. The van der Waals surface area contributed by atoms with Crippen molar-refractivity contribution in [1.29, 1.82) is 0 Å². The third-order valence-corrected chi connectivity index (χ3v) is 4.36. The fourth-order valence-corrected chi connectivity index (χ4v) is 2.45. The largest absolute Gasteiger partial charge is 0.465 e. The first kappa shape index (κ1) is 25.0. The van der Waals surface area contributed by atoms with E-state index >= 15 is 0 Å². The van der Waals surface area contributed by atoms with Crippen molar-refractivity contribution in [3.8, 4) is 0 Å². The Balaban J connectivity index is 0. The summed E-state index contributed by atoms with van der Waals surface area (Å²) in [5.41, 5.74) is 0. The molecule has 0 saturated carbocycles. The molecule has 0 N–H and O–H groups in total. The van der Waals surface area contributed by atoms with E-state index in [1.54, 1.807) is 0 Å². The maximum Gasteiger partial charge on any atom is 0.323 e. The van der Waals surface area contributed by atoms with E-state index in [0.717, 1.165) is 6.42 Å². The normalized spacial score (nSPS) is 12.0. The van der Waals surface area contributed by atoms with Crippen LogP contribution < -0.4 is 0 Å². The molecule has 0 fully saturated rings. The lowest BCUT2D eigenvalue weighted by Crippen LogP contribution is -2.34. The molecule has 1 atom stereocenters. The van der Waals surface area contributed by atoms with Crippen LogP contribution in [-0.4, -0.2) is 37.6 Å². The summed E-state index contributed by atoms with van der Waals surface area (Å²) in [5, 5.41) is 0. The Bertz CT molecular complexity index is 260. The van der Waals surface area contributed by atoms with Crippen molar-refractivity contribution in [3.63, 3.8) is 0 Å². The predicted molar refractivity (Wildman–Crippen MR) is 102 cm³/mol. The molecular weight excluding hydrogens is 310 g/mol. The van der Waals surface area contributed by atoms with Crippen molar-refractivity contribution in [2.45, 2.75) is 96.9 Å². The van der Waals surface area contributed by atoms with Gasteiger partial charge in [0, 0.05) is 0 Å². The van der Waals surface area contributed by atoms with Crippen LogP contribution in [0.15, 0.2) is 0 Å². The summed E-state index contributed by atoms with van der Waals surface area (Å²) in [5.74, 6) is -0.104. The highest BCUT2D eigenvalue weighted by Gasteiger charge is 2.15. The average molecular weight is 350 g/mol. The fraction of sp³-hybridized carbons (Fsp3) is 0.947. The molecule has 0 aliphatic carbocycles. The molecule has 0 aromatic rings. The van der Waals surface area contributed by atoms with Gasteiger partial charge >= 0.3 is 5.97 Å². The first-order chi connectivity index (χ1) is 10.6. The van der Waals surface area contributed by atoms with Crippen molar-refractivity contribution in [2.75, 3.05) is 20.7 Å². The fourth-order valence-electron chi connectivity index (χ4n) is 2.45. The van der Waals surface area contributed by atoms with Crippen LogP contribution in [0.4, 0.5) is 0 Å². The Kier molecular flexibility index (Phi) is 19.6. The molecule has 0 rings (SSSR count). The summed E-state index contributed by atoms with van der Waals surface area (Å²) >= 11 is 0. The summed E-state index contributed by atoms with van der Waals surface area (Å²) in [7, 11) is 3.80. The van der Waals surface area contributed by atoms with Gasteiger partial charge < -0.3 is 4.74 Å². The summed E-state index contributed by atoms with van der Waals surface area (Å²) in [6.45, 7) is 4.73. The number of unbranched alkanes of at least 4 members (excludes halogenated alkanes) is 11. The third kappa shape index (κ3) is 16.4. The highest BCUT2D eigenvalue weighted by atomic mass is 35.5. The van der Waals surface area contributed by atoms with Crippen molar-refractivity contribution in [2.24, 2.45) is 0 Å². The molecule has 140 valence electrons. The molecule has 0 amide bonds. The number of carbonyl (C=O) groups is 1. The number of carbonyl (C=O) groups excluding carboxylic acids is 1. The smallest absolute Gasteiger partial charge is 0.323 e. The number of nitrogens with zero attached hydrogens (tertiary/aromatic N) is 1. The Morgan fingerprint density at radius 3 is 1.61 bits per heavy atom. The third-order valence-electron chi connectivity index (χ3n) is 4.36. The molecule has 23 heavy (non-hydrogen) atoms. The zero-order valence-corrected chi connectivity index (χ0v) is 16.8. The topological polar surface area (TPSA) is 29.5 Å². The lowest BCUT2D eigenvalue weighted by molar-refractivity contribution is -0.148. The quantitative estimate of drug-likeness (QED) is 0.284. The number of hydrogen-bond donors (Lipinski definition) is 0. The zero-order valence-electron chi connectivity index (χ0n) is 15.9. The maximum atomic E-state index is 11.6. The molecule has 4 heteroatoms. The minimum Gasteiger partial charge on any atom is -0.465 e. The van der Waals surface area contributed by atoms with E-state index in [4.69, 9.17) is 4.74 Å². The monoisotopic (exact) mass is 349 g/mol. The second-order valence-corrected chi connectivity index (χ2v) is 6.70. The summed E-state index contributed by atoms with van der Waals surface area (Å²) < 4.78 is 5.28. The number of rotatable bonds is 15. The first-order valence-electron chi connectivity index (χ1n) is 9.42. The van der Waals surface area contributed by atoms with E-state index in [2.05, 4.69) is 6.92 Å². The van der Waals surface area contributed by atoms with E-state index in [-0.39, 0.29) is 24.4 Å². The second kappa shape index (κ2) is 18.1. The molecular formula is C19H40ClNO2. The second-order valence-electron chi connectivity index (χ2n) is 6.70. The lowest BCUT2D eigenvalue weighted by atomic mass is 10.1. The van der Waals surface area contributed by atoms with Gasteiger partial charge in [-0.2, -0.15) is 0 Å². The van der Waals surface area contributed by atoms with Gasteiger partial charge in [-0.1, -0.05) is 77.6 Å². The molecule has 0 radical (unpaired) electrons. The summed E-state index contributed by atoms with van der Waals surface area (Å²) in [6, 6.07) is -0.141. The summed E-state index contributed by atoms with van der Waals surface area (Å²) in [4.78, 5) is 13.5. The van der Waals surface area contributed by atoms with Crippen molar-refractivity contribution < 1.29 is 9.53 Å². The molecule has 0 aliphatic heterocycles. The maximum absolute atomic E-state index is 11.6. The van der Waals surface area contributed by atoms with E-state index in [9.17, 15) is 4.79 Å². The SMILES string of the molecule is CCCCCCCCCCCCCCOC(=O)C(C)N(C)C.Cl. The van der Waals surface area contributed by atoms with Crippen molar-refractivity contribution in [3.05, 3.63) is 0 Å². The van der Waals surface area contributed by atoms with Gasteiger partial charge in [0.25, 0.3) is 0 Å². The minimum absolute atomic E-state index is 0. The van der Waals surface area contributed by atoms with Crippen LogP contribution in [0, 0.1) is 0 Å². The van der Waals surface area contributed by atoms with Crippen LogP contribution in [0.1, 0.15) is 90.9 Å². The van der Waals surface area contributed by atoms with E-state index in [0.29, 0.717) is 6.61 Å². The molecule has 0 spiro atoms. The lowest BCUT2D eigenvalue weighted by Gasteiger charge is -2.17. The van der Waals surface area contributed by atoms with Gasteiger partial charge in [-0.05, 0) is 27.4 Å². The molecule has 0 aliphatic rings. The molecule has 3 nitrogen and oxygen atoms in total. The van der Waals surface area contributed by atoms with Gasteiger partial charge in [-0.3, -0.25) is 9.69 Å². The molecule has 1 unspecified atom stereocenters. The average Bonchev–Trinajstić information content (AvgIpc) is 2.50. The number of likely N-dealkylation sites (N-methyl/N-ethyl adjacent to an activating group) is 1. The number of halogens is 1. The van der Waals surface area contributed by atoms with Gasteiger partial charge in [-0.25, -0.2) is 0 Å². The van der Waals surface area contributed by atoms with Gasteiger partial charge in [0.1, 0.15) is 6.04 Å². The number of hydrogen-bond acceptors (Lipinski definition) is 3. The molecule has 0 aromatic carbocycles. The highest BCUT2D eigenvalue weighted by molar-refractivity contribution is 5.85. The van der Waals surface area contributed by atoms with Crippen LogP contribution in [0.25, 0.3) is 0 Å². The Morgan fingerprint density at radius 2 is 1.22 bits per heavy atom. The highest BCUT2D eigenvalue weighted by Crippen LogP contribution is 2.12. The molecule has 0 heterocycles. The Hall–Kier alpha value is -0.280. The van der Waals surface area contributed by atoms with Crippen LogP contribution in [0.2, 0.25) is 0 Å². The van der Waals surface area contributed by atoms with E-state index in [1.165, 1.54) is 70.6 Å². The van der Waals surface area contributed by atoms with Crippen LogP contribution >= 0.6 is 12.4 Å². The predicted octanol–water partition coefficient (Wildman–Crippen LogP) is 5.60. The van der Waals surface area contributed by atoms with Crippen molar-refractivity contribution in [1.82, 2.24) is 4.90 Å². The van der Waals surface area contributed by atoms with Gasteiger partial charge in [0.2, 0.25) is 0 Å². The molecule has 0 bridgehead atoms. The number of ether oxygens (including phenoxy) is 1. The van der Waals surface area contributed by atoms with Crippen molar-refractivity contribution >= 4 is 18.4 Å². The molecule has 0 saturated heterocycles. The van der Waals surface area contributed by atoms with Gasteiger partial charge in [0.15, 0.2) is 0 Å². The van der Waals surface area contributed by atoms with Crippen LogP contribution in [0.3, 0.4) is 0 Å². The van der Waals surface area contributed by atoms with E-state index < -0.39 is 0 Å². The first-order valence-corrected chi connectivity index (χ1v) is 9.42. The van der Waals surface area contributed by atoms with Gasteiger partial charge in [0.05, 0.1) is 6.61 Å². The Labute approximate surface area is 150 Å².